The van der Waals surface area contributed by atoms with E-state index in [2.05, 4.69) is 15.9 Å². The van der Waals surface area contributed by atoms with Crippen molar-refractivity contribution in [1.82, 2.24) is 0 Å². The highest BCUT2D eigenvalue weighted by atomic mass is 79.9. The van der Waals surface area contributed by atoms with Gasteiger partial charge in [0.2, 0.25) is 0 Å². The first-order valence-electron chi connectivity index (χ1n) is 5.77. The van der Waals surface area contributed by atoms with Gasteiger partial charge in [-0.3, -0.25) is 0 Å². The minimum absolute atomic E-state index is 0.673. The summed E-state index contributed by atoms with van der Waals surface area (Å²) < 4.78 is 6.43. The van der Waals surface area contributed by atoms with E-state index in [9.17, 15) is 5.11 Å². The molecule has 1 fully saturated rings. The fourth-order valence-electron chi connectivity index (χ4n) is 2.23. The van der Waals surface area contributed by atoms with Crippen molar-refractivity contribution < 1.29 is 9.84 Å². The molecule has 3 heteroatoms. The van der Waals surface area contributed by atoms with Crippen molar-refractivity contribution in [2.75, 3.05) is 13.2 Å². The summed E-state index contributed by atoms with van der Waals surface area (Å²) in [7, 11) is 0. The average molecular weight is 285 g/mol. The molecule has 0 atom stereocenters. The lowest BCUT2D eigenvalue weighted by atomic mass is 9.85. The lowest BCUT2D eigenvalue weighted by Crippen LogP contribution is -2.28. The van der Waals surface area contributed by atoms with Gasteiger partial charge in [0, 0.05) is 17.7 Å². The maximum atomic E-state index is 10.7. The Morgan fingerprint density at radius 1 is 1.19 bits per heavy atom. The fraction of sp³-hybridized carbons (Fsp3) is 0.538. The van der Waals surface area contributed by atoms with E-state index in [4.69, 9.17) is 4.74 Å². The topological polar surface area (TPSA) is 29.5 Å². The molecule has 1 aliphatic rings. The van der Waals surface area contributed by atoms with E-state index >= 15 is 0 Å². The van der Waals surface area contributed by atoms with Crippen LogP contribution >= 0.6 is 15.9 Å². The van der Waals surface area contributed by atoms with E-state index in [1.54, 1.807) is 0 Å². The Bertz CT molecular complexity index is 344. The number of ether oxygens (including phenoxy) is 1. The summed E-state index contributed by atoms with van der Waals surface area (Å²) >= 11 is 3.45. The minimum atomic E-state index is -0.673. The van der Waals surface area contributed by atoms with Crippen molar-refractivity contribution in [3.63, 3.8) is 0 Å². The van der Waals surface area contributed by atoms with E-state index in [1.807, 2.05) is 24.3 Å². The summed E-state index contributed by atoms with van der Waals surface area (Å²) in [5, 5.41) is 10.7. The fourth-order valence-corrected chi connectivity index (χ4v) is 2.63. The number of aliphatic hydroxyl groups is 1. The molecule has 1 N–H and O–H groups in total. The molecule has 0 radical (unpaired) electrons. The second-order valence-corrected chi connectivity index (χ2v) is 5.28. The number of benzene rings is 1. The molecule has 0 aromatic heterocycles. The molecule has 1 heterocycles. The highest BCUT2D eigenvalue weighted by molar-refractivity contribution is 9.10. The zero-order valence-electron chi connectivity index (χ0n) is 9.29. The minimum Gasteiger partial charge on any atom is -0.385 e. The first kappa shape index (κ1) is 12.1. The second-order valence-electron chi connectivity index (χ2n) is 4.36. The number of hydrogen-bond acceptors (Lipinski definition) is 2. The maximum Gasteiger partial charge on any atom is 0.0898 e. The highest BCUT2D eigenvalue weighted by Gasteiger charge is 2.29. The summed E-state index contributed by atoms with van der Waals surface area (Å²) in [6.07, 6.45) is 3.40. The van der Waals surface area contributed by atoms with Crippen LogP contribution in [-0.2, 0) is 10.3 Å². The zero-order chi connectivity index (χ0) is 11.4. The molecule has 0 saturated carbocycles. The maximum absolute atomic E-state index is 10.7. The summed E-state index contributed by atoms with van der Waals surface area (Å²) in [6, 6.07) is 7.99. The number of halogens is 1. The van der Waals surface area contributed by atoms with Gasteiger partial charge >= 0.3 is 0 Å². The zero-order valence-corrected chi connectivity index (χ0v) is 10.9. The quantitative estimate of drug-likeness (QED) is 0.858. The lowest BCUT2D eigenvalue weighted by molar-refractivity contribution is -0.0172. The van der Waals surface area contributed by atoms with Crippen LogP contribution in [-0.4, -0.2) is 18.3 Å². The second kappa shape index (κ2) is 5.30. The largest absolute Gasteiger partial charge is 0.385 e. The third-order valence-corrected chi connectivity index (χ3v) is 3.61. The number of hydrogen-bond donors (Lipinski definition) is 1. The molecule has 0 amide bonds. The third-order valence-electron chi connectivity index (χ3n) is 3.12. The smallest absolute Gasteiger partial charge is 0.0898 e. The molecular weight excluding hydrogens is 268 g/mol. The van der Waals surface area contributed by atoms with Gasteiger partial charge in [0.05, 0.1) is 5.60 Å². The Balaban J connectivity index is 2.20. The molecule has 0 unspecified atom stereocenters. The summed E-state index contributed by atoms with van der Waals surface area (Å²) in [5.41, 5.74) is 0.344. The molecule has 0 bridgehead atoms. The van der Waals surface area contributed by atoms with Crippen molar-refractivity contribution in [3.05, 3.63) is 34.3 Å². The Morgan fingerprint density at radius 3 is 2.50 bits per heavy atom. The van der Waals surface area contributed by atoms with Crippen LogP contribution in [0.3, 0.4) is 0 Å². The average Bonchev–Trinajstić information content (AvgIpc) is 2.24. The first-order valence-corrected chi connectivity index (χ1v) is 6.56. The summed E-state index contributed by atoms with van der Waals surface area (Å²) in [4.78, 5) is 0. The van der Waals surface area contributed by atoms with Crippen LogP contribution in [0, 0.1) is 0 Å². The Labute approximate surface area is 105 Å². The van der Waals surface area contributed by atoms with Crippen LogP contribution in [0.25, 0.3) is 0 Å². The van der Waals surface area contributed by atoms with Crippen LogP contribution in [0.4, 0.5) is 0 Å². The first-order chi connectivity index (χ1) is 7.71. The van der Waals surface area contributed by atoms with Gasteiger partial charge in [-0.05, 0) is 43.4 Å². The SMILES string of the molecule is OC1(c2cccc(Br)c2)CCCOCCC1. The lowest BCUT2D eigenvalue weighted by Gasteiger charge is -2.30. The van der Waals surface area contributed by atoms with Crippen LogP contribution in [0.2, 0.25) is 0 Å². The molecular formula is C13H17BrO2. The summed E-state index contributed by atoms with van der Waals surface area (Å²) in [6.45, 7) is 1.52. The molecule has 2 nitrogen and oxygen atoms in total. The molecule has 16 heavy (non-hydrogen) atoms. The van der Waals surface area contributed by atoms with E-state index in [0.717, 1.165) is 48.9 Å². The van der Waals surface area contributed by atoms with E-state index in [1.165, 1.54) is 0 Å². The molecule has 0 spiro atoms. The standard InChI is InChI=1S/C13H17BrO2/c14-12-5-1-4-11(10-12)13(15)6-2-8-16-9-3-7-13/h1,4-5,10,15H,2-3,6-9H2. The van der Waals surface area contributed by atoms with Gasteiger partial charge < -0.3 is 9.84 Å². The van der Waals surface area contributed by atoms with Gasteiger partial charge in [0.15, 0.2) is 0 Å². The van der Waals surface area contributed by atoms with E-state index in [0.29, 0.717) is 0 Å². The molecule has 0 aliphatic carbocycles. The summed E-state index contributed by atoms with van der Waals surface area (Å²) in [5.74, 6) is 0. The Hall–Kier alpha value is -0.380. The van der Waals surface area contributed by atoms with Crippen molar-refractivity contribution in [2.24, 2.45) is 0 Å². The third kappa shape index (κ3) is 2.84. The van der Waals surface area contributed by atoms with Gasteiger partial charge in [-0.15, -0.1) is 0 Å². The van der Waals surface area contributed by atoms with Gasteiger partial charge in [-0.2, -0.15) is 0 Å². The predicted octanol–water partition coefficient (Wildman–Crippen LogP) is 3.23. The van der Waals surface area contributed by atoms with Gasteiger partial charge in [-0.1, -0.05) is 28.1 Å². The van der Waals surface area contributed by atoms with Crippen molar-refractivity contribution in [1.29, 1.82) is 0 Å². The normalized spacial score (nSPS) is 21.1. The van der Waals surface area contributed by atoms with Crippen molar-refractivity contribution in [3.8, 4) is 0 Å². The van der Waals surface area contributed by atoms with Crippen molar-refractivity contribution in [2.45, 2.75) is 31.3 Å². The van der Waals surface area contributed by atoms with E-state index in [-0.39, 0.29) is 0 Å². The molecule has 1 aliphatic heterocycles. The van der Waals surface area contributed by atoms with E-state index < -0.39 is 5.60 Å². The van der Waals surface area contributed by atoms with Crippen LogP contribution in [0.1, 0.15) is 31.2 Å². The number of rotatable bonds is 1. The van der Waals surface area contributed by atoms with Gasteiger partial charge in [-0.25, -0.2) is 0 Å². The monoisotopic (exact) mass is 284 g/mol. The highest BCUT2D eigenvalue weighted by Crippen LogP contribution is 2.33. The molecule has 1 aromatic carbocycles. The van der Waals surface area contributed by atoms with Crippen LogP contribution < -0.4 is 0 Å². The predicted molar refractivity (Wildman–Crippen MR) is 67.3 cm³/mol. The molecule has 1 saturated heterocycles. The molecule has 88 valence electrons. The molecule has 1 aromatic rings. The Kier molecular flexibility index (Phi) is 4.00. The van der Waals surface area contributed by atoms with Gasteiger partial charge in [0.25, 0.3) is 0 Å². The van der Waals surface area contributed by atoms with Crippen molar-refractivity contribution >= 4 is 15.9 Å². The van der Waals surface area contributed by atoms with Crippen LogP contribution in [0.15, 0.2) is 28.7 Å². The van der Waals surface area contributed by atoms with Gasteiger partial charge in [0.1, 0.15) is 0 Å². The molecule has 2 rings (SSSR count). The Morgan fingerprint density at radius 2 is 1.88 bits per heavy atom. The van der Waals surface area contributed by atoms with Crippen LogP contribution in [0.5, 0.6) is 0 Å².